The summed E-state index contributed by atoms with van der Waals surface area (Å²) >= 11 is 0. The van der Waals surface area contributed by atoms with Gasteiger partial charge in [-0.3, -0.25) is 0 Å². The zero-order chi connectivity index (χ0) is 9.26. The number of carbonyl (C=O) groups excluding carboxylic acids is 1. The highest BCUT2D eigenvalue weighted by Crippen LogP contribution is 2.11. The lowest BCUT2D eigenvalue weighted by atomic mass is 10.1. The van der Waals surface area contributed by atoms with Crippen LogP contribution in [0.15, 0.2) is 24.5 Å². The maximum absolute atomic E-state index is 10.5. The van der Waals surface area contributed by atoms with Gasteiger partial charge in [-0.25, -0.2) is 9.50 Å². The van der Waals surface area contributed by atoms with E-state index in [1.807, 2.05) is 19.2 Å². The summed E-state index contributed by atoms with van der Waals surface area (Å²) in [6, 6.07) is 3.62. The molecule has 2 heterocycles. The molecule has 0 aromatic carbocycles. The molecule has 0 saturated heterocycles. The van der Waals surface area contributed by atoms with Crippen molar-refractivity contribution in [3.8, 4) is 0 Å². The number of fused-ring (bicyclic) bond motifs is 1. The third-order valence-electron chi connectivity index (χ3n) is 1.93. The first-order chi connectivity index (χ1) is 6.31. The highest BCUT2D eigenvalue weighted by molar-refractivity contribution is 5.61. The summed E-state index contributed by atoms with van der Waals surface area (Å²) in [6.07, 6.45) is 4.39. The van der Waals surface area contributed by atoms with Crippen LogP contribution in [-0.2, 0) is 4.79 Å². The Kier molecular flexibility index (Phi) is 1.81. The Morgan fingerprint density at radius 3 is 3.15 bits per heavy atom. The molecule has 0 spiro atoms. The number of aldehydes is 1. The van der Waals surface area contributed by atoms with E-state index < -0.39 is 0 Å². The number of rotatable bonds is 2. The predicted molar refractivity (Wildman–Crippen MR) is 47.5 cm³/mol. The summed E-state index contributed by atoms with van der Waals surface area (Å²) < 4.78 is 1.66. The van der Waals surface area contributed by atoms with Crippen molar-refractivity contribution in [1.82, 2.24) is 14.6 Å². The van der Waals surface area contributed by atoms with Gasteiger partial charge in [0.2, 0.25) is 0 Å². The van der Waals surface area contributed by atoms with Crippen LogP contribution in [0, 0.1) is 0 Å². The van der Waals surface area contributed by atoms with E-state index in [2.05, 4.69) is 10.1 Å². The highest BCUT2D eigenvalue weighted by atomic mass is 16.1. The molecule has 13 heavy (non-hydrogen) atoms. The molecule has 0 N–H and O–H groups in total. The first-order valence-electron chi connectivity index (χ1n) is 4.07. The summed E-state index contributed by atoms with van der Waals surface area (Å²) in [5.41, 5.74) is 1.53. The minimum Gasteiger partial charge on any atom is -0.303 e. The van der Waals surface area contributed by atoms with Gasteiger partial charge in [-0.05, 0) is 6.07 Å². The van der Waals surface area contributed by atoms with Crippen LogP contribution in [-0.4, -0.2) is 20.9 Å². The summed E-state index contributed by atoms with van der Waals surface area (Å²) in [4.78, 5) is 14.6. The Balaban J connectivity index is 2.55. The van der Waals surface area contributed by atoms with E-state index in [1.165, 1.54) is 0 Å². The van der Waals surface area contributed by atoms with Gasteiger partial charge in [0.25, 0.3) is 0 Å². The van der Waals surface area contributed by atoms with Gasteiger partial charge in [-0.15, -0.1) is 0 Å². The van der Waals surface area contributed by atoms with Gasteiger partial charge in [-0.2, -0.15) is 5.10 Å². The topological polar surface area (TPSA) is 47.3 Å². The maximum Gasteiger partial charge on any atom is 0.155 e. The van der Waals surface area contributed by atoms with E-state index in [9.17, 15) is 4.79 Å². The molecule has 2 aromatic heterocycles. The quantitative estimate of drug-likeness (QED) is 0.640. The van der Waals surface area contributed by atoms with Crippen LogP contribution in [0.25, 0.3) is 5.65 Å². The van der Waals surface area contributed by atoms with Gasteiger partial charge in [0.15, 0.2) is 5.65 Å². The molecule has 0 fully saturated rings. The molecule has 2 aromatic rings. The third kappa shape index (κ3) is 1.30. The van der Waals surface area contributed by atoms with E-state index >= 15 is 0 Å². The first-order valence-corrected chi connectivity index (χ1v) is 4.07. The predicted octanol–water partition coefficient (Wildman–Crippen LogP) is 1.03. The van der Waals surface area contributed by atoms with Gasteiger partial charge >= 0.3 is 0 Å². The summed E-state index contributed by atoms with van der Waals surface area (Å²) in [7, 11) is 0. The lowest BCUT2D eigenvalue weighted by molar-refractivity contribution is -0.108. The van der Waals surface area contributed by atoms with E-state index in [-0.39, 0.29) is 5.92 Å². The number of nitrogens with zero attached hydrogens (tertiary/aromatic N) is 3. The SMILES string of the molecule is CC(C=O)c1cc2ncccn2n1. The van der Waals surface area contributed by atoms with E-state index in [0.29, 0.717) is 0 Å². The molecule has 66 valence electrons. The van der Waals surface area contributed by atoms with Crippen molar-refractivity contribution in [3.63, 3.8) is 0 Å². The largest absolute Gasteiger partial charge is 0.303 e. The summed E-state index contributed by atoms with van der Waals surface area (Å²) in [6.45, 7) is 1.81. The van der Waals surface area contributed by atoms with Crippen molar-refractivity contribution < 1.29 is 4.79 Å². The fourth-order valence-electron chi connectivity index (χ4n) is 1.14. The van der Waals surface area contributed by atoms with Crippen LogP contribution >= 0.6 is 0 Å². The molecule has 4 heteroatoms. The van der Waals surface area contributed by atoms with Gasteiger partial charge < -0.3 is 4.79 Å². The molecule has 0 aliphatic carbocycles. The van der Waals surface area contributed by atoms with Crippen LogP contribution in [0.2, 0.25) is 0 Å². The molecular formula is C9H9N3O. The standard InChI is InChI=1S/C9H9N3O/c1-7(6-13)8-5-9-10-3-2-4-12(9)11-8/h2-7H,1H3. The molecule has 2 rings (SSSR count). The van der Waals surface area contributed by atoms with Gasteiger partial charge in [0.05, 0.1) is 11.6 Å². The average Bonchev–Trinajstić information content (AvgIpc) is 2.59. The van der Waals surface area contributed by atoms with Gasteiger partial charge in [0.1, 0.15) is 6.29 Å². The van der Waals surface area contributed by atoms with Crippen LogP contribution in [0.4, 0.5) is 0 Å². The van der Waals surface area contributed by atoms with Crippen LogP contribution in [0.3, 0.4) is 0 Å². The second-order valence-corrected chi connectivity index (χ2v) is 2.92. The zero-order valence-corrected chi connectivity index (χ0v) is 7.21. The Morgan fingerprint density at radius 2 is 2.46 bits per heavy atom. The summed E-state index contributed by atoms with van der Waals surface area (Å²) in [5.74, 6) is -0.165. The fourth-order valence-corrected chi connectivity index (χ4v) is 1.14. The van der Waals surface area contributed by atoms with Crippen molar-refractivity contribution in [3.05, 3.63) is 30.2 Å². The van der Waals surface area contributed by atoms with Crippen molar-refractivity contribution in [1.29, 1.82) is 0 Å². The van der Waals surface area contributed by atoms with Gasteiger partial charge in [0, 0.05) is 18.5 Å². The Morgan fingerprint density at radius 1 is 1.62 bits per heavy atom. The second kappa shape index (κ2) is 2.97. The van der Waals surface area contributed by atoms with E-state index in [4.69, 9.17) is 0 Å². The lowest BCUT2D eigenvalue weighted by Crippen LogP contribution is -1.95. The van der Waals surface area contributed by atoms with Crippen molar-refractivity contribution >= 4 is 11.9 Å². The molecule has 0 aliphatic heterocycles. The number of aromatic nitrogens is 3. The Labute approximate surface area is 75.2 Å². The van der Waals surface area contributed by atoms with Crippen molar-refractivity contribution in [2.45, 2.75) is 12.8 Å². The molecule has 1 unspecified atom stereocenters. The van der Waals surface area contributed by atoms with Crippen LogP contribution in [0.1, 0.15) is 18.5 Å². The normalized spacial score (nSPS) is 13.0. The van der Waals surface area contributed by atoms with Crippen LogP contribution in [0.5, 0.6) is 0 Å². The molecule has 0 bridgehead atoms. The molecule has 1 atom stereocenters. The Hall–Kier alpha value is -1.71. The lowest BCUT2D eigenvalue weighted by Gasteiger charge is -1.93. The molecule has 0 amide bonds. The molecule has 0 aliphatic rings. The van der Waals surface area contributed by atoms with E-state index in [1.54, 1.807) is 16.8 Å². The fraction of sp³-hybridized carbons (Fsp3) is 0.222. The summed E-state index contributed by atoms with van der Waals surface area (Å²) in [5, 5.41) is 4.21. The monoisotopic (exact) mass is 175 g/mol. The molecule has 0 saturated carbocycles. The number of hydrogen-bond acceptors (Lipinski definition) is 3. The smallest absolute Gasteiger partial charge is 0.155 e. The number of carbonyl (C=O) groups is 1. The van der Waals surface area contributed by atoms with Crippen molar-refractivity contribution in [2.24, 2.45) is 0 Å². The zero-order valence-electron chi connectivity index (χ0n) is 7.21. The maximum atomic E-state index is 10.5. The first kappa shape index (κ1) is 7.91. The number of hydrogen-bond donors (Lipinski definition) is 0. The second-order valence-electron chi connectivity index (χ2n) is 2.92. The van der Waals surface area contributed by atoms with Gasteiger partial charge in [-0.1, -0.05) is 6.92 Å². The van der Waals surface area contributed by atoms with Crippen molar-refractivity contribution in [2.75, 3.05) is 0 Å². The molecule has 0 radical (unpaired) electrons. The third-order valence-corrected chi connectivity index (χ3v) is 1.93. The average molecular weight is 175 g/mol. The minimum atomic E-state index is -0.165. The molecular weight excluding hydrogens is 166 g/mol. The molecule has 4 nitrogen and oxygen atoms in total. The van der Waals surface area contributed by atoms with Crippen LogP contribution < -0.4 is 0 Å². The van der Waals surface area contributed by atoms with E-state index in [0.717, 1.165) is 17.6 Å². The minimum absolute atomic E-state index is 0.165. The Bertz CT molecular complexity index is 402. The highest BCUT2D eigenvalue weighted by Gasteiger charge is 2.08.